The van der Waals surface area contributed by atoms with Gasteiger partial charge in [0.15, 0.2) is 0 Å². The molecule has 0 spiro atoms. The zero-order valence-electron chi connectivity index (χ0n) is 12.2. The largest absolute Gasteiger partial charge is 0.468 e. The van der Waals surface area contributed by atoms with Crippen LogP contribution in [0.5, 0.6) is 0 Å². The predicted octanol–water partition coefficient (Wildman–Crippen LogP) is 3.24. The Morgan fingerprint density at radius 3 is 2.76 bits per heavy atom. The number of nitrogens with one attached hydrogen (secondary N) is 1. The topological polar surface area (TPSA) is 45.5 Å². The van der Waals surface area contributed by atoms with Gasteiger partial charge >= 0.3 is 0 Å². The molecule has 5 heteroatoms. The molecule has 2 rings (SSSR count). The average molecular weight is 307 g/mol. The van der Waals surface area contributed by atoms with Crippen molar-refractivity contribution in [2.75, 3.05) is 13.6 Å². The van der Waals surface area contributed by atoms with Crippen LogP contribution < -0.4 is 5.32 Å². The maximum absolute atomic E-state index is 12.1. The molecule has 0 bridgehead atoms. The van der Waals surface area contributed by atoms with Gasteiger partial charge in [-0.15, -0.1) is 0 Å². The summed E-state index contributed by atoms with van der Waals surface area (Å²) >= 11 is 6.13. The minimum Gasteiger partial charge on any atom is -0.468 e. The van der Waals surface area contributed by atoms with E-state index in [4.69, 9.17) is 16.0 Å². The van der Waals surface area contributed by atoms with E-state index in [-0.39, 0.29) is 11.9 Å². The summed E-state index contributed by atoms with van der Waals surface area (Å²) in [6, 6.07) is 11.1. The Balaban J connectivity index is 1.85. The minimum atomic E-state index is -0.122. The molecule has 0 aliphatic carbocycles. The van der Waals surface area contributed by atoms with Gasteiger partial charge in [0.05, 0.1) is 25.4 Å². The SMILES string of the molecule is CC(NC(=O)CN(C)Cc1ccco1)c1ccccc1Cl. The highest BCUT2D eigenvalue weighted by Gasteiger charge is 2.14. The van der Waals surface area contributed by atoms with Gasteiger partial charge in [0.25, 0.3) is 0 Å². The molecule has 0 fully saturated rings. The number of hydrogen-bond acceptors (Lipinski definition) is 3. The van der Waals surface area contributed by atoms with Crippen molar-refractivity contribution in [1.82, 2.24) is 10.2 Å². The Labute approximate surface area is 129 Å². The molecule has 112 valence electrons. The van der Waals surface area contributed by atoms with E-state index in [0.29, 0.717) is 18.1 Å². The molecule has 4 nitrogen and oxygen atoms in total. The van der Waals surface area contributed by atoms with Crippen LogP contribution in [-0.2, 0) is 11.3 Å². The molecule has 1 unspecified atom stereocenters. The van der Waals surface area contributed by atoms with Gasteiger partial charge in [0.1, 0.15) is 5.76 Å². The Morgan fingerprint density at radius 1 is 1.33 bits per heavy atom. The first-order chi connectivity index (χ1) is 10.1. The lowest BCUT2D eigenvalue weighted by Gasteiger charge is -2.19. The van der Waals surface area contributed by atoms with Crippen molar-refractivity contribution in [2.24, 2.45) is 0 Å². The van der Waals surface area contributed by atoms with Crippen molar-refractivity contribution in [2.45, 2.75) is 19.5 Å². The lowest BCUT2D eigenvalue weighted by atomic mass is 10.1. The molecule has 0 radical (unpaired) electrons. The fraction of sp³-hybridized carbons (Fsp3) is 0.312. The lowest BCUT2D eigenvalue weighted by molar-refractivity contribution is -0.122. The summed E-state index contributed by atoms with van der Waals surface area (Å²) in [4.78, 5) is 13.9. The van der Waals surface area contributed by atoms with Crippen LogP contribution in [0.15, 0.2) is 47.1 Å². The molecule has 1 amide bonds. The van der Waals surface area contributed by atoms with Crippen molar-refractivity contribution >= 4 is 17.5 Å². The van der Waals surface area contributed by atoms with Crippen molar-refractivity contribution in [3.8, 4) is 0 Å². The second kappa shape index (κ2) is 7.29. The third-order valence-electron chi connectivity index (χ3n) is 3.17. The van der Waals surface area contributed by atoms with Gasteiger partial charge in [0, 0.05) is 5.02 Å². The molecular formula is C16H19ClN2O2. The maximum atomic E-state index is 12.1. The summed E-state index contributed by atoms with van der Waals surface area (Å²) in [5.41, 5.74) is 0.918. The Bertz CT molecular complexity index is 584. The number of carbonyl (C=O) groups excluding carboxylic acids is 1. The second-order valence-corrected chi connectivity index (χ2v) is 5.47. The Hall–Kier alpha value is -1.78. The third-order valence-corrected chi connectivity index (χ3v) is 3.51. The smallest absolute Gasteiger partial charge is 0.234 e. The summed E-state index contributed by atoms with van der Waals surface area (Å²) in [6.07, 6.45) is 1.63. The zero-order valence-corrected chi connectivity index (χ0v) is 12.9. The first-order valence-corrected chi connectivity index (χ1v) is 7.19. The van der Waals surface area contributed by atoms with Crippen LogP contribution in [0.2, 0.25) is 5.02 Å². The van der Waals surface area contributed by atoms with Gasteiger partial charge in [-0.2, -0.15) is 0 Å². The standard InChI is InChI=1S/C16H19ClN2O2/c1-12(14-7-3-4-8-15(14)17)18-16(20)11-19(2)10-13-6-5-9-21-13/h3-9,12H,10-11H2,1-2H3,(H,18,20). The van der Waals surface area contributed by atoms with E-state index in [1.54, 1.807) is 6.26 Å². The molecule has 0 aliphatic heterocycles. The van der Waals surface area contributed by atoms with E-state index < -0.39 is 0 Å². The van der Waals surface area contributed by atoms with Gasteiger partial charge < -0.3 is 9.73 Å². The van der Waals surface area contributed by atoms with Crippen molar-refractivity contribution in [1.29, 1.82) is 0 Å². The van der Waals surface area contributed by atoms with E-state index in [1.165, 1.54) is 0 Å². The summed E-state index contributed by atoms with van der Waals surface area (Å²) in [5.74, 6) is 0.793. The van der Waals surface area contributed by atoms with Crippen LogP contribution in [0.25, 0.3) is 0 Å². The zero-order chi connectivity index (χ0) is 15.2. The summed E-state index contributed by atoms with van der Waals surface area (Å²) in [5, 5.41) is 3.61. The molecule has 21 heavy (non-hydrogen) atoms. The Morgan fingerprint density at radius 2 is 2.10 bits per heavy atom. The summed E-state index contributed by atoms with van der Waals surface area (Å²) in [7, 11) is 1.88. The molecule has 0 saturated carbocycles. The molecule has 1 aromatic heterocycles. The number of benzene rings is 1. The van der Waals surface area contributed by atoms with E-state index in [0.717, 1.165) is 11.3 Å². The molecule has 1 aromatic carbocycles. The van der Waals surface area contributed by atoms with Crippen LogP contribution in [0, 0.1) is 0 Å². The van der Waals surface area contributed by atoms with Crippen molar-refractivity contribution in [3.63, 3.8) is 0 Å². The average Bonchev–Trinajstić information content (AvgIpc) is 2.91. The van der Waals surface area contributed by atoms with Crippen LogP contribution in [-0.4, -0.2) is 24.4 Å². The van der Waals surface area contributed by atoms with E-state index in [2.05, 4.69) is 5.32 Å². The number of carbonyl (C=O) groups is 1. The number of hydrogen-bond donors (Lipinski definition) is 1. The van der Waals surface area contributed by atoms with Gasteiger partial charge in [-0.1, -0.05) is 29.8 Å². The van der Waals surface area contributed by atoms with Crippen LogP contribution >= 0.6 is 11.6 Å². The molecule has 2 aromatic rings. The monoisotopic (exact) mass is 306 g/mol. The molecule has 0 saturated heterocycles. The number of halogens is 1. The van der Waals surface area contributed by atoms with Crippen LogP contribution in [0.4, 0.5) is 0 Å². The summed E-state index contributed by atoms with van der Waals surface area (Å²) < 4.78 is 5.26. The number of likely N-dealkylation sites (N-methyl/N-ethyl adjacent to an activating group) is 1. The van der Waals surface area contributed by atoms with E-state index in [9.17, 15) is 4.79 Å². The number of amides is 1. The molecular weight excluding hydrogens is 288 g/mol. The van der Waals surface area contributed by atoms with Crippen molar-refractivity contribution < 1.29 is 9.21 Å². The minimum absolute atomic E-state index is 0.0449. The first-order valence-electron chi connectivity index (χ1n) is 6.81. The Kier molecular flexibility index (Phi) is 5.42. The van der Waals surface area contributed by atoms with E-state index >= 15 is 0 Å². The highest BCUT2D eigenvalue weighted by Crippen LogP contribution is 2.21. The quantitative estimate of drug-likeness (QED) is 0.891. The molecule has 1 atom stereocenters. The molecule has 0 aliphatic rings. The molecule has 1 heterocycles. The highest BCUT2D eigenvalue weighted by atomic mass is 35.5. The molecule has 1 N–H and O–H groups in total. The fourth-order valence-electron chi connectivity index (χ4n) is 2.16. The van der Waals surface area contributed by atoms with Crippen molar-refractivity contribution in [3.05, 3.63) is 59.0 Å². The second-order valence-electron chi connectivity index (χ2n) is 5.06. The maximum Gasteiger partial charge on any atom is 0.234 e. The van der Waals surface area contributed by atoms with E-state index in [1.807, 2.05) is 55.3 Å². The van der Waals surface area contributed by atoms with Gasteiger partial charge in [-0.3, -0.25) is 9.69 Å². The third kappa shape index (κ3) is 4.62. The highest BCUT2D eigenvalue weighted by molar-refractivity contribution is 6.31. The van der Waals surface area contributed by atoms with Crippen LogP contribution in [0.1, 0.15) is 24.3 Å². The number of nitrogens with zero attached hydrogens (tertiary/aromatic N) is 1. The summed E-state index contributed by atoms with van der Waals surface area (Å²) in [6.45, 7) is 2.82. The number of rotatable bonds is 6. The van der Waals surface area contributed by atoms with Gasteiger partial charge in [0.2, 0.25) is 5.91 Å². The van der Waals surface area contributed by atoms with Gasteiger partial charge in [-0.05, 0) is 37.7 Å². The van der Waals surface area contributed by atoms with Crippen LogP contribution in [0.3, 0.4) is 0 Å². The fourth-order valence-corrected chi connectivity index (χ4v) is 2.46. The lowest BCUT2D eigenvalue weighted by Crippen LogP contribution is -2.36. The number of furan rings is 1. The normalized spacial score (nSPS) is 12.4. The predicted molar refractivity (Wildman–Crippen MR) is 83.1 cm³/mol. The van der Waals surface area contributed by atoms with Gasteiger partial charge in [-0.25, -0.2) is 0 Å². The first kappa shape index (κ1) is 15.6.